The van der Waals surface area contributed by atoms with Gasteiger partial charge in [-0.3, -0.25) is 0 Å². The molecular formula is CH8N2O3Zr2. The minimum atomic E-state index is -1.83. The van der Waals surface area contributed by atoms with Crippen LogP contribution in [0.3, 0.4) is 0 Å². The van der Waals surface area contributed by atoms with Gasteiger partial charge in [0, 0.05) is 52.4 Å². The van der Waals surface area contributed by atoms with Gasteiger partial charge in [-0.15, -0.1) is 0 Å². The maximum Gasteiger partial charge on any atom is 0.503 e. The summed E-state index contributed by atoms with van der Waals surface area (Å²) in [6.07, 6.45) is -1.83. The quantitative estimate of drug-likeness (QED) is 0.514. The van der Waals surface area contributed by atoms with Crippen LogP contribution in [0.15, 0.2) is 0 Å². The minimum Gasteiger partial charge on any atom is -0.450 e. The second-order valence-electron chi connectivity index (χ2n) is 0.283. The number of carboxylic acid groups (broad SMARTS) is 2. The van der Waals surface area contributed by atoms with Crippen LogP contribution in [0, 0.1) is 0 Å². The van der Waals surface area contributed by atoms with Gasteiger partial charge in [-0.25, -0.2) is 4.79 Å². The Morgan fingerprint density at radius 1 is 1.00 bits per heavy atom. The Hall–Kier alpha value is 0.956. The predicted molar refractivity (Wildman–Crippen MR) is 20.7 cm³/mol. The van der Waals surface area contributed by atoms with Crippen molar-refractivity contribution < 1.29 is 67.4 Å². The van der Waals surface area contributed by atoms with Crippen LogP contribution in [0.1, 0.15) is 0 Å². The smallest absolute Gasteiger partial charge is 0.450 e. The van der Waals surface area contributed by atoms with Gasteiger partial charge in [-0.05, 0) is 0 Å². The third kappa shape index (κ3) is 270. The molecule has 0 radical (unpaired) electrons. The average molecular weight is 279 g/mol. The number of rotatable bonds is 0. The molecule has 0 aliphatic carbocycles. The van der Waals surface area contributed by atoms with Crippen molar-refractivity contribution in [1.82, 2.24) is 12.3 Å². The molecule has 8 heavy (non-hydrogen) atoms. The van der Waals surface area contributed by atoms with Crippen LogP contribution in [-0.2, 0) is 52.4 Å². The van der Waals surface area contributed by atoms with Crippen molar-refractivity contribution in [2.75, 3.05) is 0 Å². The Morgan fingerprint density at radius 2 is 1.00 bits per heavy atom. The van der Waals surface area contributed by atoms with Crippen molar-refractivity contribution in [3.05, 3.63) is 0 Å². The molecule has 0 saturated carbocycles. The molecule has 0 unspecified atom stereocenters. The molecule has 0 bridgehead atoms. The Kier molecular flexibility index (Phi) is 111. The predicted octanol–water partition coefficient (Wildman–Crippen LogP) is 0.541. The molecule has 0 atom stereocenters. The van der Waals surface area contributed by atoms with E-state index in [-0.39, 0.29) is 64.7 Å². The Balaban J connectivity index is -0.00000000750. The van der Waals surface area contributed by atoms with Gasteiger partial charge in [0.15, 0.2) is 0 Å². The SMILES string of the molecule is N.N.O=C(O)O.[Zr].[Zr]. The molecule has 7 heteroatoms. The van der Waals surface area contributed by atoms with Crippen molar-refractivity contribution >= 4 is 6.16 Å². The molecule has 0 saturated heterocycles. The van der Waals surface area contributed by atoms with Crippen LogP contribution in [0.5, 0.6) is 0 Å². The summed E-state index contributed by atoms with van der Waals surface area (Å²) in [5.74, 6) is 0. The molecular weight excluding hydrogens is 270 g/mol. The molecule has 5 nitrogen and oxygen atoms in total. The first kappa shape index (κ1) is 36.2. The summed E-state index contributed by atoms with van der Waals surface area (Å²) in [5.41, 5.74) is 0. The fourth-order valence-electron chi connectivity index (χ4n) is 0. The first-order valence-electron chi connectivity index (χ1n) is 0.651. The summed E-state index contributed by atoms with van der Waals surface area (Å²) < 4.78 is 0. The van der Waals surface area contributed by atoms with Crippen LogP contribution in [0.25, 0.3) is 0 Å². The Bertz CT molecular complexity index is 38.3. The topological polar surface area (TPSA) is 128 Å². The zero-order valence-electron chi connectivity index (χ0n) is 4.22. The van der Waals surface area contributed by atoms with Crippen LogP contribution in [0.2, 0.25) is 0 Å². The van der Waals surface area contributed by atoms with Crippen LogP contribution in [0.4, 0.5) is 4.79 Å². The molecule has 0 aliphatic heterocycles. The van der Waals surface area contributed by atoms with Crippen molar-refractivity contribution in [2.45, 2.75) is 0 Å². The van der Waals surface area contributed by atoms with Gasteiger partial charge in [-0.2, -0.15) is 0 Å². The van der Waals surface area contributed by atoms with Gasteiger partial charge in [0.05, 0.1) is 0 Å². The molecule has 0 aromatic rings. The van der Waals surface area contributed by atoms with E-state index < -0.39 is 6.16 Å². The van der Waals surface area contributed by atoms with E-state index in [4.69, 9.17) is 15.0 Å². The molecule has 0 amide bonds. The van der Waals surface area contributed by atoms with E-state index in [9.17, 15) is 0 Å². The molecule has 8 N–H and O–H groups in total. The van der Waals surface area contributed by atoms with Gasteiger partial charge in [-0.1, -0.05) is 0 Å². The van der Waals surface area contributed by atoms with E-state index in [1.807, 2.05) is 0 Å². The normalized spacial score (nSPS) is 3.00. The van der Waals surface area contributed by atoms with Crippen molar-refractivity contribution in [1.29, 1.82) is 0 Å². The second kappa shape index (κ2) is 24.6. The zero-order chi connectivity index (χ0) is 3.58. The van der Waals surface area contributed by atoms with E-state index >= 15 is 0 Å². The second-order valence-corrected chi connectivity index (χ2v) is 0.283. The van der Waals surface area contributed by atoms with Crippen molar-refractivity contribution in [3.63, 3.8) is 0 Å². The molecule has 0 aromatic heterocycles. The fraction of sp³-hybridized carbons (Fsp3) is 0. The Labute approximate surface area is 85.3 Å². The van der Waals surface area contributed by atoms with E-state index in [1.54, 1.807) is 0 Å². The van der Waals surface area contributed by atoms with Crippen LogP contribution in [-0.4, -0.2) is 16.4 Å². The first-order valence-corrected chi connectivity index (χ1v) is 0.651. The van der Waals surface area contributed by atoms with E-state index in [0.29, 0.717) is 0 Å². The van der Waals surface area contributed by atoms with E-state index in [2.05, 4.69) is 0 Å². The third-order valence-electron chi connectivity index (χ3n) is 0. The maximum absolute atomic E-state index is 8.56. The van der Waals surface area contributed by atoms with E-state index in [1.165, 1.54) is 0 Å². The number of hydrogen-bond donors (Lipinski definition) is 4. The fourth-order valence-corrected chi connectivity index (χ4v) is 0. The van der Waals surface area contributed by atoms with Gasteiger partial charge >= 0.3 is 6.16 Å². The summed E-state index contributed by atoms with van der Waals surface area (Å²) in [6, 6.07) is 0. The standard InChI is InChI=1S/CH2O3.2H3N.2Zr/c2-1(3)4;;;;/h(H2,2,3,4);2*1H3;;. The van der Waals surface area contributed by atoms with Crippen molar-refractivity contribution in [2.24, 2.45) is 0 Å². The van der Waals surface area contributed by atoms with Crippen molar-refractivity contribution in [3.8, 4) is 0 Å². The summed E-state index contributed by atoms with van der Waals surface area (Å²) >= 11 is 0. The van der Waals surface area contributed by atoms with Gasteiger partial charge in [0.2, 0.25) is 0 Å². The molecule has 0 spiro atoms. The maximum atomic E-state index is 8.56. The van der Waals surface area contributed by atoms with E-state index in [0.717, 1.165) is 0 Å². The summed E-state index contributed by atoms with van der Waals surface area (Å²) in [4.78, 5) is 8.56. The molecule has 48 valence electrons. The number of carbonyl (C=O) groups is 1. The monoisotopic (exact) mass is 276 g/mol. The molecule has 0 aliphatic rings. The summed E-state index contributed by atoms with van der Waals surface area (Å²) in [5, 5.41) is 13.9. The third-order valence-corrected chi connectivity index (χ3v) is 0. The van der Waals surface area contributed by atoms with Crippen LogP contribution >= 0.6 is 0 Å². The molecule has 0 fully saturated rings. The Morgan fingerprint density at radius 3 is 1.00 bits per heavy atom. The van der Waals surface area contributed by atoms with Gasteiger partial charge in [0.1, 0.15) is 0 Å². The molecule has 0 aromatic carbocycles. The zero-order valence-corrected chi connectivity index (χ0v) is 9.13. The summed E-state index contributed by atoms with van der Waals surface area (Å²) in [7, 11) is 0. The largest absolute Gasteiger partial charge is 0.503 e. The molecule has 0 rings (SSSR count). The van der Waals surface area contributed by atoms with Gasteiger partial charge in [0.25, 0.3) is 0 Å². The van der Waals surface area contributed by atoms with Crippen LogP contribution < -0.4 is 12.3 Å². The first-order chi connectivity index (χ1) is 1.73. The number of hydrogen-bond acceptors (Lipinski definition) is 3. The average Bonchev–Trinajstić information content (AvgIpc) is 0.811. The minimum absolute atomic E-state index is 0. The summed E-state index contributed by atoms with van der Waals surface area (Å²) in [6.45, 7) is 0. The molecule has 0 heterocycles. The van der Waals surface area contributed by atoms with Gasteiger partial charge < -0.3 is 22.5 Å².